The molecule has 6 nitrogen and oxygen atoms in total. The molecule has 20 heavy (non-hydrogen) atoms. The fourth-order valence-corrected chi connectivity index (χ4v) is 1.38. The topological polar surface area (TPSA) is 76.7 Å². The average Bonchev–Trinajstić information content (AvgIpc) is 2.44. The Bertz CT molecular complexity index is 479. The molecule has 2 amide bonds. The third-order valence-corrected chi connectivity index (χ3v) is 2.70. The van der Waals surface area contributed by atoms with Crippen molar-refractivity contribution in [3.05, 3.63) is 28.8 Å². The van der Waals surface area contributed by atoms with Crippen LogP contribution in [0.4, 0.5) is 0 Å². The molecule has 1 aromatic carbocycles. The molecule has 0 spiro atoms. The molecule has 0 saturated heterocycles. The summed E-state index contributed by atoms with van der Waals surface area (Å²) < 4.78 is 10.1. The molecule has 0 saturated carbocycles. The monoisotopic (exact) mass is 300 g/mol. The first-order valence-corrected chi connectivity index (χ1v) is 6.45. The zero-order valence-electron chi connectivity index (χ0n) is 11.4. The number of aryl methyl sites for hydroxylation is 1. The molecule has 7 heteroatoms. The van der Waals surface area contributed by atoms with Gasteiger partial charge in [-0.25, -0.2) is 0 Å². The van der Waals surface area contributed by atoms with E-state index in [9.17, 15) is 9.59 Å². The van der Waals surface area contributed by atoms with E-state index in [1.54, 1.807) is 25.1 Å². The molecular weight excluding hydrogens is 284 g/mol. The van der Waals surface area contributed by atoms with Crippen LogP contribution in [0.5, 0.6) is 5.75 Å². The molecule has 0 aliphatic rings. The number of hydrogen-bond acceptors (Lipinski definition) is 4. The van der Waals surface area contributed by atoms with Gasteiger partial charge in [-0.3, -0.25) is 20.4 Å². The number of benzene rings is 1. The van der Waals surface area contributed by atoms with Crippen molar-refractivity contribution < 1.29 is 19.1 Å². The first kappa shape index (κ1) is 16.3. The highest BCUT2D eigenvalue weighted by atomic mass is 35.5. The third-order valence-electron chi connectivity index (χ3n) is 2.28. The minimum Gasteiger partial charge on any atom is -0.484 e. The van der Waals surface area contributed by atoms with Crippen LogP contribution in [0.3, 0.4) is 0 Å². The van der Waals surface area contributed by atoms with Crippen molar-refractivity contribution >= 4 is 23.4 Å². The number of rotatable bonds is 6. The second kappa shape index (κ2) is 8.39. The van der Waals surface area contributed by atoms with Crippen LogP contribution < -0.4 is 15.6 Å². The molecule has 0 bridgehead atoms. The van der Waals surface area contributed by atoms with Crippen molar-refractivity contribution in [1.29, 1.82) is 0 Å². The Kier molecular flexibility index (Phi) is 6.83. The van der Waals surface area contributed by atoms with Gasteiger partial charge < -0.3 is 9.47 Å². The number of ether oxygens (including phenoxy) is 2. The summed E-state index contributed by atoms with van der Waals surface area (Å²) in [6.45, 7) is 3.72. The lowest BCUT2D eigenvalue weighted by Crippen LogP contribution is -2.45. The Balaban J connectivity index is 2.29. The second-order valence-electron chi connectivity index (χ2n) is 3.93. The van der Waals surface area contributed by atoms with Crippen molar-refractivity contribution in [2.75, 3.05) is 19.8 Å². The number of carbonyl (C=O) groups excluding carboxylic acids is 2. The maximum Gasteiger partial charge on any atom is 0.276 e. The molecule has 0 atom stereocenters. The Morgan fingerprint density at radius 1 is 1.20 bits per heavy atom. The lowest BCUT2D eigenvalue weighted by atomic mass is 10.2. The standard InChI is InChI=1S/C13H17ClN2O4/c1-3-19-7-12(17)15-16-13(18)8-20-10-4-5-11(14)9(2)6-10/h4-6H,3,7-8H2,1-2H3,(H,15,17)(H,16,18). The lowest BCUT2D eigenvalue weighted by Gasteiger charge is -2.09. The van der Waals surface area contributed by atoms with E-state index >= 15 is 0 Å². The van der Waals surface area contributed by atoms with E-state index in [1.165, 1.54) is 0 Å². The number of hydrogen-bond donors (Lipinski definition) is 2. The SMILES string of the molecule is CCOCC(=O)NNC(=O)COc1ccc(Cl)c(C)c1. The molecule has 2 N–H and O–H groups in total. The minimum atomic E-state index is -0.470. The van der Waals surface area contributed by atoms with Gasteiger partial charge in [-0.2, -0.15) is 0 Å². The van der Waals surface area contributed by atoms with E-state index in [4.69, 9.17) is 21.1 Å². The molecule has 0 radical (unpaired) electrons. The quantitative estimate of drug-likeness (QED) is 0.774. The van der Waals surface area contributed by atoms with Crippen LogP contribution in [0, 0.1) is 6.92 Å². The van der Waals surface area contributed by atoms with Gasteiger partial charge in [-0.15, -0.1) is 0 Å². The van der Waals surface area contributed by atoms with E-state index in [0.29, 0.717) is 17.4 Å². The first-order chi connectivity index (χ1) is 9.52. The first-order valence-electron chi connectivity index (χ1n) is 6.07. The summed E-state index contributed by atoms with van der Waals surface area (Å²) in [6.07, 6.45) is 0. The molecule has 0 aromatic heterocycles. The van der Waals surface area contributed by atoms with E-state index in [1.807, 2.05) is 6.92 Å². The zero-order valence-corrected chi connectivity index (χ0v) is 12.1. The van der Waals surface area contributed by atoms with Crippen LogP contribution in [0.2, 0.25) is 5.02 Å². The van der Waals surface area contributed by atoms with Crippen molar-refractivity contribution in [3.63, 3.8) is 0 Å². The predicted molar refractivity (Wildman–Crippen MR) is 74.5 cm³/mol. The normalized spacial score (nSPS) is 9.95. The van der Waals surface area contributed by atoms with Gasteiger partial charge in [0, 0.05) is 11.6 Å². The number of amides is 2. The molecule has 1 aromatic rings. The van der Waals surface area contributed by atoms with Crippen molar-refractivity contribution in [1.82, 2.24) is 10.9 Å². The molecule has 0 unspecified atom stereocenters. The second-order valence-corrected chi connectivity index (χ2v) is 4.34. The Morgan fingerprint density at radius 2 is 1.85 bits per heavy atom. The summed E-state index contributed by atoms with van der Waals surface area (Å²) in [5.74, 6) is -0.368. The largest absolute Gasteiger partial charge is 0.484 e. The molecule has 0 heterocycles. The van der Waals surface area contributed by atoms with E-state index < -0.39 is 11.8 Å². The lowest BCUT2D eigenvalue weighted by molar-refractivity contribution is -0.132. The van der Waals surface area contributed by atoms with Gasteiger partial charge >= 0.3 is 0 Å². The summed E-state index contributed by atoms with van der Waals surface area (Å²) >= 11 is 5.88. The number of halogens is 1. The summed E-state index contributed by atoms with van der Waals surface area (Å²) in [5.41, 5.74) is 5.28. The molecular formula is C13H17ClN2O4. The molecule has 1 rings (SSSR count). The fourth-order valence-electron chi connectivity index (χ4n) is 1.26. The van der Waals surface area contributed by atoms with Crippen LogP contribution in [0.1, 0.15) is 12.5 Å². The average molecular weight is 301 g/mol. The van der Waals surface area contributed by atoms with Gasteiger partial charge in [0.2, 0.25) is 0 Å². The number of carbonyl (C=O) groups is 2. The van der Waals surface area contributed by atoms with E-state index in [-0.39, 0.29) is 13.2 Å². The van der Waals surface area contributed by atoms with E-state index in [0.717, 1.165) is 5.56 Å². The molecule has 0 aliphatic carbocycles. The highest BCUT2D eigenvalue weighted by Crippen LogP contribution is 2.20. The van der Waals surface area contributed by atoms with E-state index in [2.05, 4.69) is 10.9 Å². The van der Waals surface area contributed by atoms with Crippen LogP contribution >= 0.6 is 11.6 Å². The summed E-state index contributed by atoms with van der Waals surface area (Å²) in [6, 6.07) is 5.08. The molecule has 0 aliphatic heterocycles. The number of hydrazine groups is 1. The highest BCUT2D eigenvalue weighted by molar-refractivity contribution is 6.31. The van der Waals surface area contributed by atoms with Gasteiger partial charge in [0.05, 0.1) is 0 Å². The Hall–Kier alpha value is -1.79. The molecule has 110 valence electrons. The van der Waals surface area contributed by atoms with Gasteiger partial charge in [-0.05, 0) is 37.6 Å². The van der Waals surface area contributed by atoms with Gasteiger partial charge in [0.1, 0.15) is 12.4 Å². The van der Waals surface area contributed by atoms with Crippen molar-refractivity contribution in [3.8, 4) is 5.75 Å². The van der Waals surface area contributed by atoms with Gasteiger partial charge in [-0.1, -0.05) is 11.6 Å². The van der Waals surface area contributed by atoms with Gasteiger partial charge in [0.25, 0.3) is 11.8 Å². The summed E-state index contributed by atoms with van der Waals surface area (Å²) in [7, 11) is 0. The van der Waals surface area contributed by atoms with Crippen molar-refractivity contribution in [2.24, 2.45) is 0 Å². The predicted octanol–water partition coefficient (Wildman–Crippen LogP) is 1.21. The highest BCUT2D eigenvalue weighted by Gasteiger charge is 2.06. The summed E-state index contributed by atoms with van der Waals surface area (Å²) in [4.78, 5) is 22.6. The van der Waals surface area contributed by atoms with Crippen LogP contribution in [-0.2, 0) is 14.3 Å². The summed E-state index contributed by atoms with van der Waals surface area (Å²) in [5, 5.41) is 0.630. The molecule has 0 fully saturated rings. The Labute approximate surface area is 122 Å². The Morgan fingerprint density at radius 3 is 2.45 bits per heavy atom. The fraction of sp³-hybridized carbons (Fsp3) is 0.385. The zero-order chi connectivity index (χ0) is 15.0. The van der Waals surface area contributed by atoms with Crippen molar-refractivity contribution in [2.45, 2.75) is 13.8 Å². The maximum absolute atomic E-state index is 11.4. The minimum absolute atomic E-state index is 0.103. The van der Waals surface area contributed by atoms with Crippen LogP contribution in [0.25, 0.3) is 0 Å². The van der Waals surface area contributed by atoms with Crippen LogP contribution in [0.15, 0.2) is 18.2 Å². The maximum atomic E-state index is 11.4. The number of nitrogens with one attached hydrogen (secondary N) is 2. The van der Waals surface area contributed by atoms with Crippen LogP contribution in [-0.4, -0.2) is 31.6 Å². The third kappa shape index (κ3) is 5.90. The smallest absolute Gasteiger partial charge is 0.276 e. The van der Waals surface area contributed by atoms with Gasteiger partial charge in [0.15, 0.2) is 6.61 Å².